The Kier molecular flexibility index (Phi) is 7.22. The van der Waals surface area contributed by atoms with Gasteiger partial charge in [0.15, 0.2) is 0 Å². The van der Waals surface area contributed by atoms with Gasteiger partial charge in [0.25, 0.3) is 0 Å². The quantitative estimate of drug-likeness (QED) is 0.534. The van der Waals surface area contributed by atoms with Gasteiger partial charge in [0.2, 0.25) is 0 Å². The first kappa shape index (κ1) is 12.9. The summed E-state index contributed by atoms with van der Waals surface area (Å²) >= 11 is 3.06. The van der Waals surface area contributed by atoms with Crippen molar-refractivity contribution in [3.8, 4) is 0 Å². The molecule has 0 aliphatic carbocycles. The lowest BCUT2D eigenvalue weighted by Crippen LogP contribution is -2.22. The van der Waals surface area contributed by atoms with Crippen molar-refractivity contribution in [3.63, 3.8) is 0 Å². The zero-order valence-electron chi connectivity index (χ0n) is 7.57. The van der Waals surface area contributed by atoms with E-state index < -0.39 is 18.2 Å². The zero-order valence-corrected chi connectivity index (χ0v) is 9.16. The van der Waals surface area contributed by atoms with Crippen molar-refractivity contribution in [3.05, 3.63) is 0 Å². The van der Waals surface area contributed by atoms with Crippen molar-refractivity contribution in [2.45, 2.75) is 32.0 Å². The molecule has 0 aromatic heterocycles. The summed E-state index contributed by atoms with van der Waals surface area (Å²) in [5, 5.41) is 18.8. The topological polar surface area (TPSA) is 66.8 Å². The van der Waals surface area contributed by atoms with Gasteiger partial charge in [-0.15, -0.1) is 0 Å². The number of esters is 1. The van der Waals surface area contributed by atoms with Gasteiger partial charge in [-0.05, 0) is 6.92 Å². The van der Waals surface area contributed by atoms with E-state index in [1.54, 1.807) is 6.92 Å². The standard InChI is InChI=1S/C8H15BrO4/c1-2-13-8(12)4-6(10)3-7(11)5-9/h6-7,10-11H,2-5H2,1H3/t6?,7-/m0/s1. The van der Waals surface area contributed by atoms with Crippen molar-refractivity contribution in [2.24, 2.45) is 0 Å². The maximum atomic E-state index is 10.8. The first-order chi connectivity index (χ1) is 6.10. The first-order valence-electron chi connectivity index (χ1n) is 4.17. The van der Waals surface area contributed by atoms with E-state index in [9.17, 15) is 9.90 Å². The molecule has 2 atom stereocenters. The highest BCUT2D eigenvalue weighted by atomic mass is 79.9. The molecular formula is C8H15BrO4. The second-order valence-corrected chi connectivity index (χ2v) is 3.35. The van der Waals surface area contributed by atoms with Crippen LogP contribution in [0.15, 0.2) is 0 Å². The van der Waals surface area contributed by atoms with Crippen LogP contribution < -0.4 is 0 Å². The van der Waals surface area contributed by atoms with Crippen LogP contribution in [0.1, 0.15) is 19.8 Å². The molecule has 0 aliphatic heterocycles. The summed E-state index contributed by atoms with van der Waals surface area (Å²) < 4.78 is 4.64. The van der Waals surface area contributed by atoms with Crippen LogP contribution in [0.25, 0.3) is 0 Å². The van der Waals surface area contributed by atoms with Gasteiger partial charge in [-0.1, -0.05) is 15.9 Å². The summed E-state index contributed by atoms with van der Waals surface area (Å²) in [5.41, 5.74) is 0. The van der Waals surface area contributed by atoms with Crippen LogP contribution in [-0.4, -0.2) is 40.3 Å². The average molecular weight is 255 g/mol. The second kappa shape index (κ2) is 7.29. The molecule has 2 N–H and O–H groups in total. The number of carbonyl (C=O) groups excluding carboxylic acids is 1. The fraction of sp³-hybridized carbons (Fsp3) is 0.875. The van der Waals surface area contributed by atoms with Crippen LogP contribution in [0.2, 0.25) is 0 Å². The van der Waals surface area contributed by atoms with Crippen molar-refractivity contribution < 1.29 is 19.7 Å². The first-order valence-corrected chi connectivity index (χ1v) is 5.30. The number of aliphatic hydroxyl groups excluding tert-OH is 2. The second-order valence-electron chi connectivity index (χ2n) is 2.71. The number of hydrogen-bond donors (Lipinski definition) is 2. The van der Waals surface area contributed by atoms with E-state index in [2.05, 4.69) is 20.7 Å². The van der Waals surface area contributed by atoms with Crippen LogP contribution in [0.4, 0.5) is 0 Å². The van der Waals surface area contributed by atoms with E-state index in [0.29, 0.717) is 11.9 Å². The Morgan fingerprint density at radius 2 is 2.08 bits per heavy atom. The van der Waals surface area contributed by atoms with Crippen LogP contribution in [-0.2, 0) is 9.53 Å². The molecule has 13 heavy (non-hydrogen) atoms. The van der Waals surface area contributed by atoms with E-state index in [1.165, 1.54) is 0 Å². The van der Waals surface area contributed by atoms with Gasteiger partial charge in [0.05, 0.1) is 25.2 Å². The SMILES string of the molecule is CCOC(=O)CC(O)C[C@H](O)CBr. The Labute approximate surface area is 86.0 Å². The molecule has 4 nitrogen and oxygen atoms in total. The number of ether oxygens (including phenoxy) is 1. The summed E-state index contributed by atoms with van der Waals surface area (Å²) in [5.74, 6) is -0.434. The zero-order chi connectivity index (χ0) is 10.3. The minimum atomic E-state index is -0.827. The molecular weight excluding hydrogens is 240 g/mol. The van der Waals surface area contributed by atoms with Crippen molar-refractivity contribution in [2.75, 3.05) is 11.9 Å². The number of carbonyl (C=O) groups is 1. The Bertz CT molecular complexity index is 151. The average Bonchev–Trinajstić information content (AvgIpc) is 2.04. The minimum absolute atomic E-state index is 0.0576. The van der Waals surface area contributed by atoms with Gasteiger partial charge in [-0.25, -0.2) is 0 Å². The summed E-state index contributed by atoms with van der Waals surface area (Å²) in [6.45, 7) is 2.02. The molecule has 0 aliphatic rings. The maximum Gasteiger partial charge on any atom is 0.308 e. The monoisotopic (exact) mass is 254 g/mol. The molecule has 5 heteroatoms. The van der Waals surface area contributed by atoms with Crippen LogP contribution in [0, 0.1) is 0 Å². The van der Waals surface area contributed by atoms with E-state index in [1.807, 2.05) is 0 Å². The summed E-state index contributed by atoms with van der Waals surface area (Å²) in [6, 6.07) is 0. The largest absolute Gasteiger partial charge is 0.466 e. The highest BCUT2D eigenvalue weighted by Gasteiger charge is 2.15. The lowest BCUT2D eigenvalue weighted by molar-refractivity contribution is -0.145. The van der Waals surface area contributed by atoms with Crippen LogP contribution in [0.5, 0.6) is 0 Å². The number of alkyl halides is 1. The van der Waals surface area contributed by atoms with Gasteiger partial charge >= 0.3 is 5.97 Å². The molecule has 0 spiro atoms. The third-order valence-corrected chi connectivity index (χ3v) is 2.18. The van der Waals surface area contributed by atoms with Crippen molar-refractivity contribution >= 4 is 21.9 Å². The lowest BCUT2D eigenvalue weighted by atomic mass is 10.1. The van der Waals surface area contributed by atoms with Gasteiger partial charge in [-0.3, -0.25) is 4.79 Å². The Morgan fingerprint density at radius 1 is 1.46 bits per heavy atom. The molecule has 1 unspecified atom stereocenters. The molecule has 0 radical (unpaired) electrons. The Hall–Kier alpha value is -0.130. The van der Waals surface area contributed by atoms with Gasteiger partial charge < -0.3 is 14.9 Å². The molecule has 0 saturated heterocycles. The number of rotatable bonds is 6. The van der Waals surface area contributed by atoms with E-state index in [0.717, 1.165) is 0 Å². The minimum Gasteiger partial charge on any atom is -0.466 e. The lowest BCUT2D eigenvalue weighted by Gasteiger charge is -2.12. The number of halogens is 1. The third kappa shape index (κ3) is 6.98. The summed E-state index contributed by atoms with van der Waals surface area (Å²) in [7, 11) is 0. The molecule has 0 bridgehead atoms. The molecule has 0 amide bonds. The Balaban J connectivity index is 3.60. The van der Waals surface area contributed by atoms with Gasteiger partial charge in [-0.2, -0.15) is 0 Å². The summed E-state index contributed by atoms with van der Waals surface area (Å²) in [4.78, 5) is 10.8. The molecule has 0 aromatic carbocycles. The molecule has 0 fully saturated rings. The smallest absolute Gasteiger partial charge is 0.308 e. The van der Waals surface area contributed by atoms with Crippen LogP contribution in [0.3, 0.4) is 0 Å². The number of aliphatic hydroxyl groups is 2. The van der Waals surface area contributed by atoms with E-state index >= 15 is 0 Å². The predicted octanol–water partition coefficient (Wildman–Crippen LogP) is 0.446. The van der Waals surface area contributed by atoms with Gasteiger partial charge in [0, 0.05) is 11.8 Å². The molecule has 0 rings (SSSR count). The highest BCUT2D eigenvalue weighted by molar-refractivity contribution is 9.09. The predicted molar refractivity (Wildman–Crippen MR) is 51.7 cm³/mol. The van der Waals surface area contributed by atoms with Crippen molar-refractivity contribution in [1.29, 1.82) is 0 Å². The van der Waals surface area contributed by atoms with Crippen LogP contribution >= 0.6 is 15.9 Å². The molecule has 0 saturated carbocycles. The maximum absolute atomic E-state index is 10.8. The number of hydrogen-bond acceptors (Lipinski definition) is 4. The van der Waals surface area contributed by atoms with Crippen molar-refractivity contribution in [1.82, 2.24) is 0 Å². The third-order valence-electron chi connectivity index (χ3n) is 1.43. The molecule has 0 aromatic rings. The van der Waals surface area contributed by atoms with E-state index in [-0.39, 0.29) is 12.8 Å². The normalized spacial score (nSPS) is 15.1. The Morgan fingerprint density at radius 3 is 2.54 bits per heavy atom. The van der Waals surface area contributed by atoms with E-state index in [4.69, 9.17) is 5.11 Å². The summed E-state index contributed by atoms with van der Waals surface area (Å²) in [6.07, 6.45) is -1.32. The molecule has 0 heterocycles. The molecule has 78 valence electrons. The highest BCUT2D eigenvalue weighted by Crippen LogP contribution is 2.05. The fourth-order valence-electron chi connectivity index (χ4n) is 0.873. The van der Waals surface area contributed by atoms with Gasteiger partial charge in [0.1, 0.15) is 0 Å². The fourth-order valence-corrected chi connectivity index (χ4v) is 1.14.